The number of benzene rings is 2. The van der Waals surface area contributed by atoms with E-state index in [4.69, 9.17) is 9.15 Å². The lowest BCUT2D eigenvalue weighted by molar-refractivity contribution is -0.127. The molecule has 2 amide bonds. The number of aromatic nitrogens is 1. The molecule has 29 heavy (non-hydrogen) atoms. The van der Waals surface area contributed by atoms with Crippen molar-refractivity contribution in [3.05, 3.63) is 61.0 Å². The highest BCUT2D eigenvalue weighted by Crippen LogP contribution is 2.28. The van der Waals surface area contributed by atoms with Gasteiger partial charge in [-0.15, -0.1) is 0 Å². The van der Waals surface area contributed by atoms with Gasteiger partial charge >= 0.3 is 0 Å². The minimum absolute atomic E-state index is 0.416. The number of methoxy groups -OCH3 is 1. The van der Waals surface area contributed by atoms with E-state index in [1.165, 1.54) is 11.3 Å². The van der Waals surface area contributed by atoms with Crippen molar-refractivity contribution < 1.29 is 18.7 Å². The van der Waals surface area contributed by atoms with Crippen molar-refractivity contribution in [2.45, 2.75) is 6.92 Å². The molecule has 0 radical (unpaired) electrons. The van der Waals surface area contributed by atoms with Crippen LogP contribution < -0.4 is 15.1 Å². The minimum atomic E-state index is -1.01. The van der Waals surface area contributed by atoms with Crippen molar-refractivity contribution in [2.24, 2.45) is 11.0 Å². The van der Waals surface area contributed by atoms with Gasteiger partial charge in [-0.2, -0.15) is 10.1 Å². The lowest BCUT2D eigenvalue weighted by atomic mass is 10.0. The van der Waals surface area contributed by atoms with Crippen molar-refractivity contribution in [3.8, 4) is 17.2 Å². The second kappa shape index (κ2) is 7.59. The quantitative estimate of drug-likeness (QED) is 0.674. The number of carbonyl (C=O) groups excluding carboxylic acids is 2. The van der Waals surface area contributed by atoms with Crippen LogP contribution in [0.1, 0.15) is 6.92 Å². The Morgan fingerprint density at radius 3 is 2.79 bits per heavy atom. The third kappa shape index (κ3) is 3.60. The van der Waals surface area contributed by atoms with Crippen LogP contribution in [-0.2, 0) is 9.59 Å². The van der Waals surface area contributed by atoms with Gasteiger partial charge in [0.25, 0.3) is 5.91 Å². The van der Waals surface area contributed by atoms with Crippen LogP contribution >= 0.6 is 0 Å². The maximum absolute atomic E-state index is 12.9. The smallest absolute Gasteiger partial charge is 0.265 e. The fourth-order valence-corrected chi connectivity index (χ4v) is 3.11. The topological polar surface area (TPSA) is 97.0 Å². The molecule has 0 spiro atoms. The Morgan fingerprint density at radius 2 is 2.03 bits per heavy atom. The lowest BCUT2D eigenvalue weighted by Gasteiger charge is -2.15. The van der Waals surface area contributed by atoms with Crippen LogP contribution in [-0.4, -0.2) is 29.6 Å². The van der Waals surface area contributed by atoms with Crippen LogP contribution in [0.25, 0.3) is 11.5 Å². The van der Waals surface area contributed by atoms with Gasteiger partial charge in [-0.1, -0.05) is 12.1 Å². The van der Waals surface area contributed by atoms with E-state index in [0.29, 0.717) is 34.3 Å². The van der Waals surface area contributed by atoms with Crippen LogP contribution in [0.5, 0.6) is 5.75 Å². The normalized spacial score (nSPS) is 15.9. The fourth-order valence-electron chi connectivity index (χ4n) is 3.11. The average molecular weight is 390 g/mol. The van der Waals surface area contributed by atoms with Gasteiger partial charge in [0, 0.05) is 17.3 Å². The number of amides is 2. The van der Waals surface area contributed by atoms with E-state index in [1.54, 1.807) is 62.7 Å². The number of oxazole rings is 1. The second-order valence-electron chi connectivity index (χ2n) is 6.43. The van der Waals surface area contributed by atoms with E-state index < -0.39 is 17.7 Å². The van der Waals surface area contributed by atoms with E-state index in [1.807, 2.05) is 6.07 Å². The molecule has 146 valence electrons. The van der Waals surface area contributed by atoms with Crippen LogP contribution in [0.3, 0.4) is 0 Å². The Labute approximate surface area is 166 Å². The third-order valence-corrected chi connectivity index (χ3v) is 4.50. The first kappa shape index (κ1) is 18.4. The highest BCUT2D eigenvalue weighted by atomic mass is 16.5. The third-order valence-electron chi connectivity index (χ3n) is 4.50. The summed E-state index contributed by atoms with van der Waals surface area (Å²) in [7, 11) is 1.54. The fraction of sp³-hybridized carbons (Fsp3) is 0.143. The molecule has 0 fully saturated rings. The Bertz CT molecular complexity index is 1090. The van der Waals surface area contributed by atoms with Crippen molar-refractivity contribution >= 4 is 28.9 Å². The van der Waals surface area contributed by atoms with Gasteiger partial charge in [0.15, 0.2) is 5.92 Å². The first-order valence-electron chi connectivity index (χ1n) is 8.91. The molecule has 3 aromatic rings. The molecule has 0 saturated heterocycles. The zero-order chi connectivity index (χ0) is 20.4. The summed E-state index contributed by atoms with van der Waals surface area (Å²) in [5, 5.41) is 8.28. The van der Waals surface area contributed by atoms with Crippen LogP contribution in [0.4, 0.5) is 11.4 Å². The Balaban J connectivity index is 1.53. The molecule has 2 aromatic carbocycles. The molecule has 1 N–H and O–H groups in total. The Morgan fingerprint density at radius 1 is 1.21 bits per heavy atom. The summed E-state index contributed by atoms with van der Waals surface area (Å²) in [5.41, 5.74) is 2.20. The predicted octanol–water partition coefficient (Wildman–Crippen LogP) is 3.33. The van der Waals surface area contributed by atoms with E-state index in [9.17, 15) is 9.59 Å². The first-order valence-corrected chi connectivity index (χ1v) is 8.91. The van der Waals surface area contributed by atoms with Gasteiger partial charge in [0.05, 0.1) is 24.7 Å². The molecular weight excluding hydrogens is 372 g/mol. The molecule has 1 aromatic heterocycles. The molecule has 0 saturated carbocycles. The molecular formula is C21H18N4O4. The van der Waals surface area contributed by atoms with Crippen LogP contribution in [0.15, 0.2) is 70.5 Å². The van der Waals surface area contributed by atoms with Gasteiger partial charge in [0.2, 0.25) is 11.8 Å². The second-order valence-corrected chi connectivity index (χ2v) is 6.43. The summed E-state index contributed by atoms with van der Waals surface area (Å²) in [6.45, 7) is 1.66. The average Bonchev–Trinajstić information content (AvgIpc) is 3.36. The van der Waals surface area contributed by atoms with Gasteiger partial charge in [-0.05, 0) is 37.3 Å². The maximum atomic E-state index is 12.9. The van der Waals surface area contributed by atoms with Gasteiger partial charge in [-0.25, -0.2) is 4.98 Å². The van der Waals surface area contributed by atoms with Gasteiger partial charge in [-0.3, -0.25) is 9.59 Å². The van der Waals surface area contributed by atoms with Crippen LogP contribution in [0, 0.1) is 5.92 Å². The molecule has 1 aliphatic rings. The SMILES string of the molecule is COc1cccc(N2N=C(C)C(C(=O)Nc3cccc(-c4ncco4)c3)C2=O)c1. The number of carbonyl (C=O) groups is 2. The largest absolute Gasteiger partial charge is 0.497 e. The monoisotopic (exact) mass is 390 g/mol. The zero-order valence-corrected chi connectivity index (χ0v) is 15.8. The van der Waals surface area contributed by atoms with E-state index in [-0.39, 0.29) is 0 Å². The summed E-state index contributed by atoms with van der Waals surface area (Å²) in [6.07, 6.45) is 3.02. The standard InChI is InChI=1S/C21H18N4O4/c1-13-18(21(27)25(24-13)16-7-4-8-17(12-16)28-2)19(26)23-15-6-3-5-14(11-15)20-22-9-10-29-20/h3-12,18H,1-2H3,(H,23,26). The molecule has 4 rings (SSSR count). The molecule has 8 nitrogen and oxygen atoms in total. The minimum Gasteiger partial charge on any atom is -0.497 e. The molecule has 1 unspecified atom stereocenters. The highest BCUT2D eigenvalue weighted by molar-refractivity contribution is 6.28. The number of nitrogens with zero attached hydrogens (tertiary/aromatic N) is 3. The lowest BCUT2D eigenvalue weighted by Crippen LogP contribution is -2.36. The van der Waals surface area contributed by atoms with E-state index in [0.717, 1.165) is 0 Å². The summed E-state index contributed by atoms with van der Waals surface area (Å²) in [5.74, 6) is -0.839. The number of ether oxygens (including phenoxy) is 1. The predicted molar refractivity (Wildman–Crippen MR) is 108 cm³/mol. The summed E-state index contributed by atoms with van der Waals surface area (Å²) in [6, 6.07) is 14.0. The zero-order valence-electron chi connectivity index (χ0n) is 15.8. The Hall–Kier alpha value is -3.94. The van der Waals surface area contributed by atoms with Crippen LogP contribution in [0.2, 0.25) is 0 Å². The number of hydrogen-bond acceptors (Lipinski definition) is 6. The van der Waals surface area contributed by atoms with Crippen molar-refractivity contribution in [2.75, 3.05) is 17.4 Å². The highest BCUT2D eigenvalue weighted by Gasteiger charge is 2.39. The van der Waals surface area contributed by atoms with Crippen molar-refractivity contribution in [1.29, 1.82) is 0 Å². The molecule has 1 atom stereocenters. The first-order chi connectivity index (χ1) is 14.1. The number of rotatable bonds is 5. The van der Waals surface area contributed by atoms with E-state index in [2.05, 4.69) is 15.4 Å². The van der Waals surface area contributed by atoms with Gasteiger partial charge in [0.1, 0.15) is 12.0 Å². The summed E-state index contributed by atoms with van der Waals surface area (Å²) >= 11 is 0. The number of hydrogen-bond donors (Lipinski definition) is 1. The number of nitrogens with one attached hydrogen (secondary N) is 1. The summed E-state index contributed by atoms with van der Waals surface area (Å²) < 4.78 is 10.5. The maximum Gasteiger partial charge on any atom is 0.265 e. The summed E-state index contributed by atoms with van der Waals surface area (Å²) in [4.78, 5) is 29.8. The number of hydrazone groups is 1. The van der Waals surface area contributed by atoms with Gasteiger partial charge < -0.3 is 14.5 Å². The molecule has 0 bridgehead atoms. The molecule has 0 aliphatic carbocycles. The molecule has 1 aliphatic heterocycles. The Kier molecular flexibility index (Phi) is 4.82. The van der Waals surface area contributed by atoms with E-state index >= 15 is 0 Å². The van der Waals surface area contributed by atoms with Crippen molar-refractivity contribution in [3.63, 3.8) is 0 Å². The number of anilines is 2. The van der Waals surface area contributed by atoms with Crippen molar-refractivity contribution in [1.82, 2.24) is 4.98 Å². The molecule has 8 heteroatoms. The molecule has 2 heterocycles.